The Morgan fingerprint density at radius 3 is 2.68 bits per heavy atom. The number of hydrogen-bond acceptors (Lipinski definition) is 4. The van der Waals surface area contributed by atoms with Gasteiger partial charge in [-0.1, -0.05) is 13.8 Å². The van der Waals surface area contributed by atoms with Crippen LogP contribution in [0.25, 0.3) is 5.82 Å². The number of aryl methyl sites for hydroxylation is 1. The highest BCUT2D eigenvalue weighted by Gasteiger charge is 2.27. The van der Waals surface area contributed by atoms with E-state index in [0.29, 0.717) is 30.0 Å². The average molecular weight is 325 g/mol. The molecule has 2 heterocycles. The van der Waals surface area contributed by atoms with Crippen molar-refractivity contribution in [1.29, 1.82) is 0 Å². The van der Waals surface area contributed by atoms with E-state index in [4.69, 9.17) is 0 Å². The van der Waals surface area contributed by atoms with Crippen molar-refractivity contribution in [3.8, 4) is 5.82 Å². The maximum Gasteiger partial charge on any atom is 0.313 e. The second-order valence-electron chi connectivity index (χ2n) is 3.93. The summed E-state index contributed by atoms with van der Waals surface area (Å²) in [7, 11) is 0. The minimum atomic E-state index is -0.363. The van der Waals surface area contributed by atoms with Gasteiger partial charge in [-0.3, -0.25) is 10.1 Å². The molecule has 0 amide bonds. The lowest BCUT2D eigenvalue weighted by Crippen LogP contribution is -2.05. The van der Waals surface area contributed by atoms with E-state index in [1.54, 1.807) is 16.9 Å². The van der Waals surface area contributed by atoms with Crippen molar-refractivity contribution in [3.05, 3.63) is 44.3 Å². The van der Waals surface area contributed by atoms with E-state index in [0.717, 1.165) is 4.47 Å². The van der Waals surface area contributed by atoms with Gasteiger partial charge in [0.1, 0.15) is 11.4 Å². The average Bonchev–Trinajstić information content (AvgIpc) is 2.77. The number of halogens is 1. The Morgan fingerprint density at radius 2 is 2.16 bits per heavy atom. The molecule has 0 saturated heterocycles. The summed E-state index contributed by atoms with van der Waals surface area (Å²) < 4.78 is 2.31. The first-order valence-corrected chi connectivity index (χ1v) is 6.75. The Balaban J connectivity index is 2.71. The van der Waals surface area contributed by atoms with Crippen molar-refractivity contribution >= 4 is 21.6 Å². The van der Waals surface area contributed by atoms with Gasteiger partial charge in [-0.15, -0.1) is 0 Å². The highest BCUT2D eigenvalue weighted by molar-refractivity contribution is 9.10. The first-order chi connectivity index (χ1) is 9.10. The lowest BCUT2D eigenvalue weighted by atomic mass is 10.2. The zero-order valence-corrected chi connectivity index (χ0v) is 12.2. The summed E-state index contributed by atoms with van der Waals surface area (Å²) in [5.74, 6) is 0.571. The van der Waals surface area contributed by atoms with Gasteiger partial charge in [0.05, 0.1) is 9.40 Å². The van der Waals surface area contributed by atoms with Crippen LogP contribution in [0.4, 0.5) is 5.69 Å². The van der Waals surface area contributed by atoms with Crippen LogP contribution in [0.5, 0.6) is 0 Å². The molecule has 7 heteroatoms. The highest BCUT2D eigenvalue weighted by atomic mass is 79.9. The Labute approximate surface area is 118 Å². The fraction of sp³-hybridized carbons (Fsp3) is 0.333. The van der Waals surface area contributed by atoms with E-state index in [2.05, 4.69) is 26.0 Å². The summed E-state index contributed by atoms with van der Waals surface area (Å²) in [5.41, 5.74) is 1.16. The summed E-state index contributed by atoms with van der Waals surface area (Å²) in [6.07, 6.45) is 2.67. The molecule has 0 N–H and O–H groups in total. The van der Waals surface area contributed by atoms with Gasteiger partial charge in [-0.2, -0.15) is 5.10 Å². The van der Waals surface area contributed by atoms with Crippen molar-refractivity contribution in [3.63, 3.8) is 0 Å². The van der Waals surface area contributed by atoms with E-state index >= 15 is 0 Å². The van der Waals surface area contributed by atoms with Crippen LogP contribution >= 0.6 is 15.9 Å². The number of aromatic nitrogens is 3. The maximum absolute atomic E-state index is 11.2. The molecule has 2 rings (SSSR count). The molecule has 19 heavy (non-hydrogen) atoms. The summed E-state index contributed by atoms with van der Waals surface area (Å²) in [6, 6.07) is 3.62. The predicted molar refractivity (Wildman–Crippen MR) is 74.5 cm³/mol. The molecule has 2 aromatic rings. The van der Waals surface area contributed by atoms with Crippen LogP contribution in [0, 0.1) is 10.1 Å². The zero-order chi connectivity index (χ0) is 14.0. The molecule has 0 aliphatic heterocycles. The molecule has 0 spiro atoms. The Kier molecular flexibility index (Phi) is 3.94. The SMILES string of the molecule is CCc1nn(-c2ncccc2Br)c(CC)c1[N+](=O)[O-]. The topological polar surface area (TPSA) is 73.8 Å². The molecule has 0 fully saturated rings. The van der Waals surface area contributed by atoms with Crippen LogP contribution in [-0.4, -0.2) is 19.7 Å². The minimum Gasteiger partial charge on any atom is -0.258 e. The molecule has 0 bridgehead atoms. The van der Waals surface area contributed by atoms with Crippen molar-refractivity contribution < 1.29 is 4.92 Å². The van der Waals surface area contributed by atoms with Gasteiger partial charge in [0.25, 0.3) is 0 Å². The smallest absolute Gasteiger partial charge is 0.258 e. The van der Waals surface area contributed by atoms with E-state index in [1.807, 2.05) is 19.9 Å². The molecule has 0 aliphatic carbocycles. The fourth-order valence-corrected chi connectivity index (χ4v) is 2.39. The van der Waals surface area contributed by atoms with Gasteiger partial charge in [0, 0.05) is 6.20 Å². The number of nitro groups is 1. The molecule has 0 aliphatic rings. The second-order valence-corrected chi connectivity index (χ2v) is 4.78. The second kappa shape index (κ2) is 5.48. The quantitative estimate of drug-likeness (QED) is 0.640. The Bertz CT molecular complexity index is 624. The van der Waals surface area contributed by atoms with E-state index < -0.39 is 0 Å². The van der Waals surface area contributed by atoms with Crippen molar-refractivity contribution in [2.24, 2.45) is 0 Å². The van der Waals surface area contributed by atoms with Gasteiger partial charge in [-0.05, 0) is 40.9 Å². The molecule has 0 aromatic carbocycles. The maximum atomic E-state index is 11.2. The van der Waals surface area contributed by atoms with Gasteiger partial charge in [0.15, 0.2) is 5.82 Å². The zero-order valence-electron chi connectivity index (χ0n) is 10.6. The third kappa shape index (κ3) is 2.37. The highest BCUT2D eigenvalue weighted by Crippen LogP contribution is 2.28. The van der Waals surface area contributed by atoms with Crippen molar-refractivity contribution in [2.75, 3.05) is 0 Å². The monoisotopic (exact) mass is 324 g/mol. The summed E-state index contributed by atoms with van der Waals surface area (Å²) in [6.45, 7) is 3.73. The molecule has 0 unspecified atom stereocenters. The molecule has 0 atom stereocenters. The summed E-state index contributed by atoms with van der Waals surface area (Å²) in [4.78, 5) is 15.1. The summed E-state index contributed by atoms with van der Waals surface area (Å²) >= 11 is 3.40. The van der Waals surface area contributed by atoms with Gasteiger partial charge < -0.3 is 0 Å². The molecule has 0 saturated carbocycles. The van der Waals surface area contributed by atoms with Crippen LogP contribution in [0.2, 0.25) is 0 Å². The van der Waals surface area contributed by atoms with Gasteiger partial charge >= 0.3 is 5.69 Å². The largest absolute Gasteiger partial charge is 0.313 e. The molecule has 0 radical (unpaired) electrons. The fourth-order valence-electron chi connectivity index (χ4n) is 1.97. The molecular formula is C12H13BrN4O2. The van der Waals surface area contributed by atoms with Gasteiger partial charge in [0.2, 0.25) is 0 Å². The van der Waals surface area contributed by atoms with Crippen LogP contribution in [-0.2, 0) is 12.8 Å². The third-order valence-electron chi connectivity index (χ3n) is 2.82. The number of rotatable bonds is 4. The van der Waals surface area contributed by atoms with Crippen LogP contribution in [0.15, 0.2) is 22.8 Å². The predicted octanol–water partition coefficient (Wildman–Crippen LogP) is 3.06. The molecule has 2 aromatic heterocycles. The minimum absolute atomic E-state index is 0.0996. The van der Waals surface area contributed by atoms with Crippen LogP contribution in [0.3, 0.4) is 0 Å². The van der Waals surface area contributed by atoms with Crippen LogP contribution in [0.1, 0.15) is 25.2 Å². The summed E-state index contributed by atoms with van der Waals surface area (Å²) in [5, 5.41) is 15.5. The third-order valence-corrected chi connectivity index (χ3v) is 3.43. The van der Waals surface area contributed by atoms with Crippen molar-refractivity contribution in [1.82, 2.24) is 14.8 Å². The Morgan fingerprint density at radius 1 is 1.42 bits per heavy atom. The molecular weight excluding hydrogens is 312 g/mol. The van der Waals surface area contributed by atoms with E-state index in [1.165, 1.54) is 0 Å². The standard InChI is InChI=1S/C12H13BrN4O2/c1-3-9-11(17(18)19)10(4-2)16(15-9)12-8(13)6-5-7-14-12/h5-7H,3-4H2,1-2H3. The lowest BCUT2D eigenvalue weighted by molar-refractivity contribution is -0.386. The van der Waals surface area contributed by atoms with Crippen molar-refractivity contribution in [2.45, 2.75) is 26.7 Å². The van der Waals surface area contributed by atoms with Gasteiger partial charge in [-0.25, -0.2) is 9.67 Å². The molecule has 6 nitrogen and oxygen atoms in total. The number of nitrogens with zero attached hydrogens (tertiary/aromatic N) is 4. The molecule has 100 valence electrons. The lowest BCUT2D eigenvalue weighted by Gasteiger charge is -2.05. The first-order valence-electron chi connectivity index (χ1n) is 5.96. The first kappa shape index (κ1) is 13.7. The normalized spacial score (nSPS) is 10.7. The number of hydrogen-bond donors (Lipinski definition) is 0. The van der Waals surface area contributed by atoms with E-state index in [-0.39, 0.29) is 10.6 Å². The van der Waals surface area contributed by atoms with Crippen LogP contribution < -0.4 is 0 Å². The number of pyridine rings is 1. The Hall–Kier alpha value is -1.76. The van der Waals surface area contributed by atoms with E-state index in [9.17, 15) is 10.1 Å².